The maximum atomic E-state index is 13.5. The molecule has 0 saturated carbocycles. The van der Waals surface area contributed by atoms with Crippen molar-refractivity contribution in [2.24, 2.45) is 0 Å². The van der Waals surface area contributed by atoms with E-state index >= 15 is 0 Å². The van der Waals surface area contributed by atoms with Gasteiger partial charge in [0.25, 0.3) is 11.8 Å². The number of fused-ring (bicyclic) bond motifs is 4. The van der Waals surface area contributed by atoms with Crippen LogP contribution in [0.25, 0.3) is 5.57 Å². The average Bonchev–Trinajstić information content (AvgIpc) is 3.73. The third-order valence-corrected chi connectivity index (χ3v) is 13.5. The van der Waals surface area contributed by atoms with Gasteiger partial charge in [-0.3, -0.25) is 9.59 Å². The second-order valence-electron chi connectivity index (χ2n) is 12.9. The van der Waals surface area contributed by atoms with E-state index in [1.165, 1.54) is 18.2 Å². The molecular weight excluding hydrogens is 624 g/mol. The summed E-state index contributed by atoms with van der Waals surface area (Å²) in [6.45, 7) is 5.42. The van der Waals surface area contributed by atoms with E-state index in [9.17, 15) is 33.1 Å². The molecule has 0 aliphatic carbocycles. The molecule has 0 aromatic heterocycles. The van der Waals surface area contributed by atoms with Crippen molar-refractivity contribution < 1.29 is 37.9 Å². The van der Waals surface area contributed by atoms with Gasteiger partial charge < -0.3 is 14.8 Å². The fraction of sp³-hybridized carbons (Fsp3) is 0.343. The summed E-state index contributed by atoms with van der Waals surface area (Å²) in [7, 11) is -2.50. The van der Waals surface area contributed by atoms with Crippen molar-refractivity contribution >= 4 is 53.5 Å². The molecule has 4 aliphatic heterocycles. The van der Waals surface area contributed by atoms with Gasteiger partial charge in [0.2, 0.25) is 5.36 Å². The second-order valence-corrected chi connectivity index (χ2v) is 17.3. The molecule has 12 heteroatoms. The number of hydrogen-bond donors (Lipinski definition) is 1. The van der Waals surface area contributed by atoms with Crippen molar-refractivity contribution in [3.05, 3.63) is 86.4 Å². The number of halogens is 2. The van der Waals surface area contributed by atoms with Crippen LogP contribution in [0.3, 0.4) is 0 Å². The van der Waals surface area contributed by atoms with Crippen LogP contribution < -0.4 is 30.4 Å². The Bertz CT molecular complexity index is 2030. The van der Waals surface area contributed by atoms with E-state index in [0.717, 1.165) is 43.3 Å². The van der Waals surface area contributed by atoms with Crippen LogP contribution in [-0.4, -0.2) is 81.5 Å². The standard InChI is InChI=1S/C35H33F2N3O6Si/c1-47(2)29-18-27-20(7-11-38(27)13-9-36)15-25(29)33(26-16-21-8-12-39(14-10-37)28(21)19-30(26)47)24-17-22(3-4-23(24)34(43)44)35(45)46-40-31(41)5-6-32(40)42/h3-4,15-19H,5-14H2,1-2H3/p+1. The maximum Gasteiger partial charge on any atom is 0.363 e. The molecule has 4 aliphatic rings. The summed E-state index contributed by atoms with van der Waals surface area (Å²) >= 11 is 0. The lowest BCUT2D eigenvalue weighted by Crippen LogP contribution is -2.64. The van der Waals surface area contributed by atoms with Crippen LogP contribution in [0.1, 0.15) is 55.8 Å². The zero-order valence-electron chi connectivity index (χ0n) is 26.2. The summed E-state index contributed by atoms with van der Waals surface area (Å²) in [5.74, 6) is -3.37. The Morgan fingerprint density at radius 2 is 1.68 bits per heavy atom. The number of nitrogens with zero attached hydrogens (tertiary/aromatic N) is 3. The summed E-state index contributed by atoms with van der Waals surface area (Å²) in [6.07, 6.45) is 1.31. The summed E-state index contributed by atoms with van der Waals surface area (Å²) in [4.78, 5) is 57.6. The lowest BCUT2D eigenvalue weighted by atomic mass is 9.88. The monoisotopic (exact) mass is 658 g/mol. The number of imide groups is 1. The van der Waals surface area contributed by atoms with Gasteiger partial charge in [-0.15, -0.1) is 5.06 Å². The zero-order valence-corrected chi connectivity index (χ0v) is 27.2. The molecule has 3 aromatic rings. The summed E-state index contributed by atoms with van der Waals surface area (Å²) in [5.41, 5.74) is 4.83. The van der Waals surface area contributed by atoms with Gasteiger partial charge in [-0.05, 0) is 80.7 Å². The van der Waals surface area contributed by atoms with Crippen LogP contribution in [0.5, 0.6) is 0 Å². The second kappa shape index (κ2) is 11.5. The molecule has 3 aromatic carbocycles. The van der Waals surface area contributed by atoms with E-state index in [0.29, 0.717) is 42.1 Å². The minimum Gasteiger partial charge on any atom is -0.478 e. The van der Waals surface area contributed by atoms with Gasteiger partial charge in [-0.25, -0.2) is 22.9 Å². The molecule has 4 heterocycles. The number of alkyl halides is 2. The van der Waals surface area contributed by atoms with Gasteiger partial charge in [0.05, 0.1) is 11.1 Å². The summed E-state index contributed by atoms with van der Waals surface area (Å²) in [5, 5.41) is 14.8. The highest BCUT2D eigenvalue weighted by molar-refractivity contribution is 7.01. The van der Waals surface area contributed by atoms with Crippen LogP contribution in [-0.2, 0) is 27.3 Å². The number of carboxylic acid groups (broad SMARTS) is 1. The number of aromatic carboxylic acids is 1. The fourth-order valence-electron chi connectivity index (χ4n) is 7.56. The van der Waals surface area contributed by atoms with Crippen molar-refractivity contribution in [1.29, 1.82) is 0 Å². The molecule has 0 radical (unpaired) electrons. The van der Waals surface area contributed by atoms with E-state index in [1.54, 1.807) is 0 Å². The smallest absolute Gasteiger partial charge is 0.363 e. The molecule has 2 amide bonds. The molecule has 0 bridgehead atoms. The molecule has 1 fully saturated rings. The van der Waals surface area contributed by atoms with Crippen molar-refractivity contribution in [1.82, 2.24) is 9.64 Å². The molecule has 9 nitrogen and oxygen atoms in total. The number of carbonyl (C=O) groups is 4. The van der Waals surface area contributed by atoms with Gasteiger partial charge in [0.1, 0.15) is 28.0 Å². The fourth-order valence-corrected chi connectivity index (χ4v) is 10.6. The third kappa shape index (κ3) is 4.97. The number of hydroxylamine groups is 2. The molecule has 242 valence electrons. The topological polar surface area (TPSA) is 107 Å². The van der Waals surface area contributed by atoms with E-state index < -0.39 is 45.2 Å². The first kappa shape index (κ1) is 30.9. The Morgan fingerprint density at radius 1 is 0.915 bits per heavy atom. The minimum atomic E-state index is -2.50. The van der Waals surface area contributed by atoms with E-state index in [-0.39, 0.29) is 37.1 Å². The Hall–Kier alpha value is -4.71. The molecule has 1 saturated heterocycles. The Labute approximate surface area is 270 Å². The number of amides is 2. The number of carboxylic acids is 1. The number of benzene rings is 3. The van der Waals surface area contributed by atoms with Crippen molar-refractivity contribution in [3.8, 4) is 0 Å². The molecule has 1 N–H and O–H groups in total. The molecule has 47 heavy (non-hydrogen) atoms. The SMILES string of the molecule is C[Si]1(C)c2cc3c(cc2C(c2cc(C(=O)ON4C(=O)CCC4=O)ccc2C(=O)O)=c2cc4c(cc21)=[N+](CCF)CC4)CCN3CCF. The van der Waals surface area contributed by atoms with Gasteiger partial charge in [-0.1, -0.05) is 13.1 Å². The van der Waals surface area contributed by atoms with Crippen LogP contribution in [0, 0.1) is 0 Å². The van der Waals surface area contributed by atoms with Crippen LogP contribution in [0.2, 0.25) is 13.1 Å². The highest BCUT2D eigenvalue weighted by Gasteiger charge is 2.40. The summed E-state index contributed by atoms with van der Waals surface area (Å²) in [6, 6.07) is 12.6. The van der Waals surface area contributed by atoms with Gasteiger partial charge in [-0.2, -0.15) is 0 Å². The van der Waals surface area contributed by atoms with Crippen molar-refractivity contribution in [2.75, 3.05) is 44.4 Å². The normalized spacial score (nSPS) is 17.5. The predicted molar refractivity (Wildman–Crippen MR) is 173 cm³/mol. The van der Waals surface area contributed by atoms with E-state index in [2.05, 4.69) is 37.4 Å². The van der Waals surface area contributed by atoms with Crippen LogP contribution in [0.15, 0.2) is 42.5 Å². The Morgan fingerprint density at radius 3 is 2.38 bits per heavy atom. The number of anilines is 1. The van der Waals surface area contributed by atoms with E-state index in [1.807, 2.05) is 9.48 Å². The summed E-state index contributed by atoms with van der Waals surface area (Å²) < 4.78 is 29.1. The minimum absolute atomic E-state index is 0.0132. The largest absolute Gasteiger partial charge is 0.478 e. The molecular formula is C35H34F2N3O6Si+. The highest BCUT2D eigenvalue weighted by atomic mass is 28.3. The molecule has 0 unspecified atom stereocenters. The number of rotatable bonds is 8. The van der Waals surface area contributed by atoms with E-state index in [4.69, 9.17) is 4.84 Å². The van der Waals surface area contributed by atoms with Crippen molar-refractivity contribution in [3.63, 3.8) is 0 Å². The number of hydrogen-bond acceptors (Lipinski definition) is 6. The Balaban J connectivity index is 1.51. The zero-order chi connectivity index (χ0) is 33.2. The quantitative estimate of drug-likeness (QED) is 0.221. The van der Waals surface area contributed by atoms with Gasteiger partial charge >= 0.3 is 11.9 Å². The van der Waals surface area contributed by atoms with Gasteiger partial charge in [0, 0.05) is 49.7 Å². The van der Waals surface area contributed by atoms with Crippen LogP contribution in [0.4, 0.5) is 14.5 Å². The highest BCUT2D eigenvalue weighted by Crippen LogP contribution is 2.35. The molecule has 0 spiro atoms. The molecule has 0 atom stereocenters. The number of carbonyl (C=O) groups excluding carboxylic acids is 3. The lowest BCUT2D eigenvalue weighted by molar-refractivity contribution is -0.172. The first-order valence-electron chi connectivity index (χ1n) is 15.8. The first-order chi connectivity index (χ1) is 22.5. The Kier molecular flexibility index (Phi) is 7.57. The van der Waals surface area contributed by atoms with Crippen molar-refractivity contribution in [2.45, 2.75) is 38.8 Å². The average molecular weight is 659 g/mol. The molecule has 7 rings (SSSR count). The third-order valence-electron chi connectivity index (χ3n) is 9.95. The van der Waals surface area contributed by atoms with Crippen LogP contribution >= 0.6 is 0 Å². The maximum absolute atomic E-state index is 13.5. The lowest BCUT2D eigenvalue weighted by Gasteiger charge is -2.34. The first-order valence-corrected chi connectivity index (χ1v) is 18.8. The predicted octanol–water partition coefficient (Wildman–Crippen LogP) is 1.34. The van der Waals surface area contributed by atoms with Gasteiger partial charge in [0.15, 0.2) is 6.54 Å².